The van der Waals surface area contributed by atoms with Crippen LogP contribution in [0.5, 0.6) is 5.75 Å². The van der Waals surface area contributed by atoms with Crippen LogP contribution in [0.1, 0.15) is 24.2 Å². The Hall–Kier alpha value is -1.72. The number of hydrogen-bond donors (Lipinski definition) is 1. The smallest absolute Gasteiger partial charge is 0.315 e. The van der Waals surface area contributed by atoms with E-state index >= 15 is 0 Å². The minimum Gasteiger partial charge on any atom is -0.515 e. The molecule has 0 saturated heterocycles. The lowest BCUT2D eigenvalue weighted by Crippen LogP contribution is -2.46. The highest BCUT2D eigenvalue weighted by atomic mass is 35.5. The van der Waals surface area contributed by atoms with Gasteiger partial charge in [-0.25, -0.2) is 0 Å². The van der Waals surface area contributed by atoms with E-state index in [1.807, 2.05) is 0 Å². The van der Waals surface area contributed by atoms with Crippen LogP contribution in [-0.2, 0) is 9.53 Å². The van der Waals surface area contributed by atoms with E-state index in [0.29, 0.717) is 6.26 Å². The molecule has 1 aliphatic heterocycles. The van der Waals surface area contributed by atoms with Crippen molar-refractivity contribution < 1.29 is 24.2 Å². The lowest BCUT2D eigenvalue weighted by Gasteiger charge is -2.36. The SMILES string of the molecule is COC(=O)C(C)(C)C1Oc2c(Cl)cc(Cl)cc2C(=O)/C1=C/O. The molecular weight excluding hydrogens is 331 g/mol. The molecule has 1 aromatic carbocycles. The molecule has 7 heteroatoms. The molecule has 1 aromatic rings. The Labute approximate surface area is 137 Å². The van der Waals surface area contributed by atoms with Gasteiger partial charge < -0.3 is 14.6 Å². The highest BCUT2D eigenvalue weighted by Crippen LogP contribution is 2.43. The number of ether oxygens (including phenoxy) is 2. The molecule has 0 spiro atoms. The van der Waals surface area contributed by atoms with Crippen molar-refractivity contribution in [2.24, 2.45) is 5.41 Å². The summed E-state index contributed by atoms with van der Waals surface area (Å²) in [6.45, 7) is 3.10. The van der Waals surface area contributed by atoms with Gasteiger partial charge in [-0.15, -0.1) is 0 Å². The second-order valence-electron chi connectivity index (χ2n) is 5.39. The third-order valence-corrected chi connectivity index (χ3v) is 4.04. The molecule has 0 aliphatic carbocycles. The number of aliphatic hydroxyl groups is 1. The predicted molar refractivity (Wildman–Crippen MR) is 81.7 cm³/mol. The average Bonchev–Trinajstić information content (AvgIpc) is 2.46. The van der Waals surface area contributed by atoms with Crippen LogP contribution >= 0.6 is 23.2 Å². The first-order valence-electron chi connectivity index (χ1n) is 6.37. The second kappa shape index (κ2) is 5.82. The zero-order chi connectivity index (χ0) is 16.7. The Morgan fingerprint density at radius 1 is 1.41 bits per heavy atom. The number of carbonyl (C=O) groups excluding carboxylic acids is 2. The Bertz CT molecular complexity index is 679. The van der Waals surface area contributed by atoms with E-state index in [1.54, 1.807) is 13.8 Å². The number of benzene rings is 1. The Morgan fingerprint density at radius 3 is 2.59 bits per heavy atom. The van der Waals surface area contributed by atoms with Crippen molar-refractivity contribution >= 4 is 35.0 Å². The zero-order valence-electron chi connectivity index (χ0n) is 12.1. The van der Waals surface area contributed by atoms with Crippen LogP contribution < -0.4 is 4.74 Å². The monoisotopic (exact) mass is 344 g/mol. The predicted octanol–water partition coefficient (Wildman–Crippen LogP) is 3.58. The van der Waals surface area contributed by atoms with Gasteiger partial charge in [0.05, 0.1) is 29.5 Å². The Morgan fingerprint density at radius 2 is 2.05 bits per heavy atom. The maximum atomic E-state index is 12.5. The molecule has 1 aliphatic rings. The van der Waals surface area contributed by atoms with Crippen molar-refractivity contribution in [3.05, 3.63) is 39.6 Å². The molecule has 22 heavy (non-hydrogen) atoms. The number of esters is 1. The van der Waals surface area contributed by atoms with Gasteiger partial charge in [0.15, 0.2) is 5.78 Å². The maximum Gasteiger partial charge on any atom is 0.315 e. The lowest BCUT2D eigenvalue weighted by atomic mass is 9.79. The van der Waals surface area contributed by atoms with Gasteiger partial charge in [0.25, 0.3) is 0 Å². The highest BCUT2D eigenvalue weighted by molar-refractivity contribution is 6.37. The van der Waals surface area contributed by atoms with Gasteiger partial charge in [-0.3, -0.25) is 9.59 Å². The second-order valence-corrected chi connectivity index (χ2v) is 6.23. The number of ketones is 1. The third kappa shape index (κ3) is 2.55. The minimum atomic E-state index is -1.21. The van der Waals surface area contributed by atoms with Crippen LogP contribution in [0.4, 0.5) is 0 Å². The quantitative estimate of drug-likeness (QED) is 0.504. The maximum absolute atomic E-state index is 12.5. The van der Waals surface area contributed by atoms with E-state index in [4.69, 9.17) is 32.7 Å². The third-order valence-electron chi connectivity index (χ3n) is 3.54. The van der Waals surface area contributed by atoms with Crippen LogP contribution in [0.2, 0.25) is 10.0 Å². The number of Topliss-reactive ketones (excluding diaryl/α,β-unsaturated/α-hetero) is 1. The summed E-state index contributed by atoms with van der Waals surface area (Å²) in [5, 5.41) is 9.85. The average molecular weight is 345 g/mol. The molecule has 1 N–H and O–H groups in total. The lowest BCUT2D eigenvalue weighted by molar-refractivity contribution is -0.155. The summed E-state index contributed by atoms with van der Waals surface area (Å²) in [7, 11) is 1.23. The van der Waals surface area contributed by atoms with E-state index in [2.05, 4.69) is 0 Å². The first kappa shape index (κ1) is 16.6. The fourth-order valence-electron chi connectivity index (χ4n) is 2.34. The summed E-state index contributed by atoms with van der Waals surface area (Å²) >= 11 is 12.0. The van der Waals surface area contributed by atoms with Gasteiger partial charge >= 0.3 is 5.97 Å². The number of carbonyl (C=O) groups is 2. The van der Waals surface area contributed by atoms with Crippen molar-refractivity contribution in [1.82, 2.24) is 0 Å². The number of fused-ring (bicyclic) bond motifs is 1. The fraction of sp³-hybridized carbons (Fsp3) is 0.333. The van der Waals surface area contributed by atoms with Crippen LogP contribution in [0.15, 0.2) is 24.0 Å². The molecule has 0 aromatic heterocycles. The van der Waals surface area contributed by atoms with E-state index in [-0.39, 0.29) is 26.9 Å². The van der Waals surface area contributed by atoms with E-state index < -0.39 is 23.3 Å². The van der Waals surface area contributed by atoms with Crippen molar-refractivity contribution in [1.29, 1.82) is 0 Å². The standard InChI is InChI=1S/C15H14Cl2O5/c1-15(2,14(20)21-3)13-9(6-18)11(19)8-4-7(16)5-10(17)12(8)22-13/h4-6,13,18H,1-3H3/b9-6-. The first-order valence-corrected chi connectivity index (χ1v) is 7.12. The summed E-state index contributed by atoms with van der Waals surface area (Å²) in [6, 6.07) is 2.83. The Balaban J connectivity index is 2.61. The van der Waals surface area contributed by atoms with Crippen molar-refractivity contribution in [3.8, 4) is 5.75 Å². The Kier molecular flexibility index (Phi) is 4.40. The van der Waals surface area contributed by atoms with Crippen LogP contribution in [0, 0.1) is 5.41 Å². The van der Waals surface area contributed by atoms with Gasteiger partial charge in [-0.2, -0.15) is 0 Å². The summed E-state index contributed by atoms with van der Waals surface area (Å²) in [4.78, 5) is 24.5. The molecule has 0 fully saturated rings. The summed E-state index contributed by atoms with van der Waals surface area (Å²) in [5.41, 5.74) is -1.14. The molecular formula is C15H14Cl2O5. The summed E-state index contributed by atoms with van der Waals surface area (Å²) < 4.78 is 10.5. The van der Waals surface area contributed by atoms with Gasteiger partial charge in [-0.1, -0.05) is 23.2 Å². The molecule has 0 radical (unpaired) electrons. The molecule has 118 valence electrons. The van der Waals surface area contributed by atoms with Gasteiger partial charge in [0, 0.05) is 5.02 Å². The van der Waals surface area contributed by atoms with Gasteiger partial charge in [-0.05, 0) is 26.0 Å². The van der Waals surface area contributed by atoms with Gasteiger partial charge in [0.2, 0.25) is 0 Å². The molecule has 0 saturated carbocycles. The van der Waals surface area contributed by atoms with Crippen molar-refractivity contribution in [2.75, 3.05) is 7.11 Å². The van der Waals surface area contributed by atoms with E-state index in [0.717, 1.165) is 0 Å². The van der Waals surface area contributed by atoms with Crippen LogP contribution in [-0.4, -0.2) is 30.1 Å². The first-order chi connectivity index (χ1) is 10.2. The highest BCUT2D eigenvalue weighted by Gasteiger charge is 2.47. The number of methoxy groups -OCH3 is 1. The van der Waals surface area contributed by atoms with Crippen LogP contribution in [0.25, 0.3) is 0 Å². The van der Waals surface area contributed by atoms with Gasteiger partial charge in [0.1, 0.15) is 17.3 Å². The van der Waals surface area contributed by atoms with Crippen molar-refractivity contribution in [2.45, 2.75) is 20.0 Å². The number of rotatable bonds is 2. The largest absolute Gasteiger partial charge is 0.515 e. The zero-order valence-corrected chi connectivity index (χ0v) is 13.7. The molecule has 1 unspecified atom stereocenters. The fourth-order valence-corrected chi connectivity index (χ4v) is 2.88. The number of aliphatic hydroxyl groups excluding tert-OH is 1. The topological polar surface area (TPSA) is 72.8 Å². The molecule has 1 heterocycles. The molecule has 2 rings (SSSR count). The molecule has 0 bridgehead atoms. The summed E-state index contributed by atoms with van der Waals surface area (Å²) in [5.74, 6) is -0.961. The van der Waals surface area contributed by atoms with Crippen LogP contribution in [0.3, 0.4) is 0 Å². The van der Waals surface area contributed by atoms with E-state index in [9.17, 15) is 14.7 Å². The molecule has 5 nitrogen and oxygen atoms in total. The number of hydrogen-bond acceptors (Lipinski definition) is 5. The summed E-state index contributed by atoms with van der Waals surface area (Å²) in [6.07, 6.45) is -0.404. The van der Waals surface area contributed by atoms with Crippen molar-refractivity contribution in [3.63, 3.8) is 0 Å². The van der Waals surface area contributed by atoms with E-state index in [1.165, 1.54) is 19.2 Å². The molecule has 1 atom stereocenters. The normalized spacial score (nSPS) is 19.6. The minimum absolute atomic E-state index is 0.0683. The molecule has 0 amide bonds. The number of halogens is 2.